The maximum absolute atomic E-state index is 12.6. The zero-order chi connectivity index (χ0) is 20.8. The van der Waals surface area contributed by atoms with E-state index >= 15 is 0 Å². The third kappa shape index (κ3) is 4.78. The number of benzene rings is 2. The van der Waals surface area contributed by atoms with Gasteiger partial charge >= 0.3 is 0 Å². The van der Waals surface area contributed by atoms with Crippen molar-refractivity contribution in [3.8, 4) is 17.2 Å². The monoisotopic (exact) mass is 416 g/mol. The highest BCUT2D eigenvalue weighted by molar-refractivity contribution is 7.16. The van der Waals surface area contributed by atoms with Crippen LogP contribution >= 0.6 is 11.3 Å². The molecule has 0 unspecified atom stereocenters. The molecule has 3 rings (SSSR count). The SMILES string of the molecule is COCCn1c(=NC(=O)Cc2ccc(OC)cc2)sc2cc(OC)c(OC)cc21. The van der Waals surface area contributed by atoms with E-state index in [0.29, 0.717) is 29.5 Å². The first kappa shape index (κ1) is 20.9. The number of carbonyl (C=O) groups is 1. The van der Waals surface area contributed by atoms with E-state index < -0.39 is 0 Å². The second kappa shape index (κ2) is 9.58. The van der Waals surface area contributed by atoms with Gasteiger partial charge in [-0.15, -0.1) is 0 Å². The molecule has 8 heteroatoms. The number of nitrogens with zero attached hydrogens (tertiary/aromatic N) is 2. The van der Waals surface area contributed by atoms with Crippen molar-refractivity contribution in [1.82, 2.24) is 4.57 Å². The fraction of sp³-hybridized carbons (Fsp3) is 0.333. The van der Waals surface area contributed by atoms with Gasteiger partial charge in [-0.3, -0.25) is 4.79 Å². The fourth-order valence-electron chi connectivity index (χ4n) is 2.94. The minimum Gasteiger partial charge on any atom is -0.497 e. The number of fused-ring (bicyclic) bond motifs is 1. The van der Waals surface area contributed by atoms with Crippen molar-refractivity contribution in [1.29, 1.82) is 0 Å². The second-order valence-corrected chi connectivity index (χ2v) is 7.24. The molecule has 0 atom stereocenters. The average molecular weight is 416 g/mol. The Labute approximate surface area is 173 Å². The number of aromatic nitrogens is 1. The minimum atomic E-state index is -0.216. The Bertz CT molecular complexity index is 1050. The van der Waals surface area contributed by atoms with Crippen molar-refractivity contribution in [2.45, 2.75) is 13.0 Å². The Kier molecular flexibility index (Phi) is 6.90. The average Bonchev–Trinajstić information content (AvgIpc) is 3.07. The smallest absolute Gasteiger partial charge is 0.252 e. The summed E-state index contributed by atoms with van der Waals surface area (Å²) in [6, 6.07) is 11.2. The first-order chi connectivity index (χ1) is 14.1. The quantitative estimate of drug-likeness (QED) is 0.564. The normalized spacial score (nSPS) is 11.7. The zero-order valence-electron chi connectivity index (χ0n) is 16.9. The first-order valence-corrected chi connectivity index (χ1v) is 9.86. The van der Waals surface area contributed by atoms with Crippen LogP contribution in [0.5, 0.6) is 17.2 Å². The molecule has 2 aromatic carbocycles. The van der Waals surface area contributed by atoms with Gasteiger partial charge in [0.15, 0.2) is 16.3 Å². The molecular weight excluding hydrogens is 392 g/mol. The molecule has 0 aliphatic rings. The first-order valence-electron chi connectivity index (χ1n) is 9.04. The molecule has 0 aliphatic carbocycles. The van der Waals surface area contributed by atoms with Crippen LogP contribution in [0.25, 0.3) is 10.2 Å². The number of methoxy groups -OCH3 is 4. The third-order valence-electron chi connectivity index (χ3n) is 4.44. The third-order valence-corrected chi connectivity index (χ3v) is 5.48. The van der Waals surface area contributed by atoms with Gasteiger partial charge < -0.3 is 23.5 Å². The molecule has 0 bridgehead atoms. The molecule has 0 radical (unpaired) electrons. The number of ether oxygens (including phenoxy) is 4. The molecule has 1 aromatic heterocycles. The lowest BCUT2D eigenvalue weighted by molar-refractivity contribution is -0.117. The summed E-state index contributed by atoms with van der Waals surface area (Å²) < 4.78 is 24.1. The molecule has 0 fully saturated rings. The van der Waals surface area contributed by atoms with Crippen LogP contribution < -0.4 is 19.0 Å². The van der Waals surface area contributed by atoms with E-state index in [1.165, 1.54) is 11.3 Å². The van der Waals surface area contributed by atoms with Crippen LogP contribution in [0.3, 0.4) is 0 Å². The van der Waals surface area contributed by atoms with E-state index in [9.17, 15) is 4.79 Å². The van der Waals surface area contributed by atoms with Crippen molar-refractivity contribution in [2.24, 2.45) is 4.99 Å². The molecule has 29 heavy (non-hydrogen) atoms. The van der Waals surface area contributed by atoms with E-state index in [2.05, 4.69) is 4.99 Å². The standard InChI is InChI=1S/C21H24N2O5S/c1-25-10-9-23-16-12-17(27-3)18(28-4)13-19(16)29-21(23)22-20(24)11-14-5-7-15(26-2)8-6-14/h5-8,12-13H,9-11H2,1-4H3. The van der Waals surface area contributed by atoms with E-state index in [1.807, 2.05) is 41.0 Å². The van der Waals surface area contributed by atoms with Crippen LogP contribution in [-0.4, -0.2) is 45.5 Å². The van der Waals surface area contributed by atoms with Crippen LogP contribution in [0.2, 0.25) is 0 Å². The fourth-order valence-corrected chi connectivity index (χ4v) is 4.03. The lowest BCUT2D eigenvalue weighted by Gasteiger charge is -2.09. The highest BCUT2D eigenvalue weighted by Crippen LogP contribution is 2.33. The van der Waals surface area contributed by atoms with Crippen molar-refractivity contribution in [2.75, 3.05) is 35.0 Å². The predicted molar refractivity (Wildman–Crippen MR) is 112 cm³/mol. The molecule has 7 nitrogen and oxygen atoms in total. The number of carbonyl (C=O) groups excluding carboxylic acids is 1. The Morgan fingerprint density at radius 2 is 1.69 bits per heavy atom. The summed E-state index contributed by atoms with van der Waals surface area (Å²) in [6.45, 7) is 1.07. The van der Waals surface area contributed by atoms with Gasteiger partial charge in [0.1, 0.15) is 5.75 Å². The van der Waals surface area contributed by atoms with E-state index in [1.54, 1.807) is 28.4 Å². The Hall–Kier alpha value is -2.84. The van der Waals surface area contributed by atoms with Crippen LogP contribution in [-0.2, 0) is 22.5 Å². The van der Waals surface area contributed by atoms with E-state index in [4.69, 9.17) is 18.9 Å². The van der Waals surface area contributed by atoms with Gasteiger partial charge in [-0.25, -0.2) is 0 Å². The molecular formula is C21H24N2O5S. The molecule has 0 N–H and O–H groups in total. The van der Waals surface area contributed by atoms with Crippen LogP contribution in [0.1, 0.15) is 5.56 Å². The maximum Gasteiger partial charge on any atom is 0.252 e. The molecule has 0 spiro atoms. The second-order valence-electron chi connectivity index (χ2n) is 6.23. The Morgan fingerprint density at radius 1 is 1.00 bits per heavy atom. The molecule has 0 saturated carbocycles. The van der Waals surface area contributed by atoms with Gasteiger partial charge in [0, 0.05) is 25.8 Å². The molecule has 1 amide bonds. The molecule has 3 aromatic rings. The van der Waals surface area contributed by atoms with Crippen molar-refractivity contribution >= 4 is 27.5 Å². The summed E-state index contributed by atoms with van der Waals surface area (Å²) in [5.41, 5.74) is 1.80. The van der Waals surface area contributed by atoms with Gasteiger partial charge in [-0.05, 0) is 17.7 Å². The Morgan fingerprint density at radius 3 is 2.31 bits per heavy atom. The summed E-state index contributed by atoms with van der Waals surface area (Å²) >= 11 is 1.43. The van der Waals surface area contributed by atoms with Crippen molar-refractivity contribution in [3.05, 3.63) is 46.8 Å². The highest BCUT2D eigenvalue weighted by Gasteiger charge is 2.13. The summed E-state index contributed by atoms with van der Waals surface area (Å²) in [6.07, 6.45) is 0.217. The lowest BCUT2D eigenvalue weighted by atomic mass is 10.1. The van der Waals surface area contributed by atoms with Gasteiger partial charge in [-0.1, -0.05) is 23.5 Å². The molecule has 0 aliphatic heterocycles. The van der Waals surface area contributed by atoms with E-state index in [-0.39, 0.29) is 12.3 Å². The number of hydrogen-bond donors (Lipinski definition) is 0. The summed E-state index contributed by atoms with van der Waals surface area (Å²) in [4.78, 5) is 17.6. The van der Waals surface area contributed by atoms with Gasteiger partial charge in [-0.2, -0.15) is 4.99 Å². The van der Waals surface area contributed by atoms with E-state index in [0.717, 1.165) is 21.5 Å². The molecule has 154 valence electrons. The molecule has 0 saturated heterocycles. The number of hydrogen-bond acceptors (Lipinski definition) is 6. The minimum absolute atomic E-state index is 0.216. The van der Waals surface area contributed by atoms with Gasteiger partial charge in [0.2, 0.25) is 0 Å². The summed E-state index contributed by atoms with van der Waals surface area (Å²) in [5.74, 6) is 1.80. The number of rotatable bonds is 8. The maximum atomic E-state index is 12.6. The van der Waals surface area contributed by atoms with Gasteiger partial charge in [0.25, 0.3) is 5.91 Å². The topological polar surface area (TPSA) is 71.3 Å². The summed E-state index contributed by atoms with van der Waals surface area (Å²) in [7, 11) is 6.45. The largest absolute Gasteiger partial charge is 0.497 e. The number of amides is 1. The Balaban J connectivity index is 1.99. The van der Waals surface area contributed by atoms with Gasteiger partial charge in [0.05, 0.1) is 44.6 Å². The van der Waals surface area contributed by atoms with Crippen LogP contribution in [0.15, 0.2) is 41.4 Å². The summed E-state index contributed by atoms with van der Waals surface area (Å²) in [5, 5.41) is 0. The molecule has 1 heterocycles. The highest BCUT2D eigenvalue weighted by atomic mass is 32.1. The lowest BCUT2D eigenvalue weighted by Crippen LogP contribution is -2.19. The zero-order valence-corrected chi connectivity index (χ0v) is 17.7. The van der Waals surface area contributed by atoms with Crippen molar-refractivity contribution < 1.29 is 23.7 Å². The van der Waals surface area contributed by atoms with Crippen LogP contribution in [0.4, 0.5) is 0 Å². The number of thiazole rings is 1. The van der Waals surface area contributed by atoms with Crippen molar-refractivity contribution in [3.63, 3.8) is 0 Å². The van der Waals surface area contributed by atoms with Crippen LogP contribution in [0, 0.1) is 0 Å². The predicted octanol–water partition coefficient (Wildman–Crippen LogP) is 3.05.